The van der Waals surface area contributed by atoms with Crippen LogP contribution >= 0.6 is 11.6 Å². The van der Waals surface area contributed by atoms with E-state index in [1.54, 1.807) is 11.6 Å². The number of hydrogen-bond acceptors (Lipinski definition) is 5. The van der Waals surface area contributed by atoms with E-state index in [0.717, 1.165) is 23.3 Å². The van der Waals surface area contributed by atoms with Gasteiger partial charge in [-0.3, -0.25) is 0 Å². The van der Waals surface area contributed by atoms with Crippen LogP contribution in [0.25, 0.3) is 22.8 Å². The Morgan fingerprint density at radius 2 is 2.00 bits per heavy atom. The first-order valence-electron chi connectivity index (χ1n) is 7.80. The second kappa shape index (κ2) is 6.53. The molecule has 0 radical (unpaired) electrons. The molecule has 0 spiro atoms. The van der Waals surface area contributed by atoms with Gasteiger partial charge in [-0.1, -0.05) is 23.7 Å². The van der Waals surface area contributed by atoms with Gasteiger partial charge in [-0.05, 0) is 17.7 Å². The van der Waals surface area contributed by atoms with Crippen LogP contribution in [0.4, 0.5) is 8.78 Å². The minimum Gasteiger partial charge on any atom is -0.492 e. The van der Waals surface area contributed by atoms with Gasteiger partial charge in [-0.2, -0.15) is 8.78 Å². The van der Waals surface area contributed by atoms with Crippen molar-refractivity contribution in [1.29, 1.82) is 0 Å². The number of ether oxygens (including phenoxy) is 2. The van der Waals surface area contributed by atoms with Crippen LogP contribution in [-0.2, 0) is 13.5 Å². The third-order valence-corrected chi connectivity index (χ3v) is 4.30. The molecule has 6 nitrogen and oxygen atoms in total. The number of benzene rings is 1. The molecule has 0 atom stereocenters. The normalized spacial score (nSPS) is 13.0. The topological polar surface area (TPSA) is 62.1 Å². The smallest absolute Gasteiger partial charge is 0.388 e. The Morgan fingerprint density at radius 1 is 1.23 bits per heavy atom. The summed E-state index contributed by atoms with van der Waals surface area (Å²) >= 11 is 5.97. The number of nitrogens with zero attached hydrogens (tertiary/aromatic N) is 4. The van der Waals surface area contributed by atoms with Crippen molar-refractivity contribution in [1.82, 2.24) is 19.7 Å². The SMILES string of the molecule is Cn1c(-c2cc(Cl)cnc2OC(F)F)nnc1-c1cccc2c1OCC2. The highest BCUT2D eigenvalue weighted by Gasteiger charge is 2.24. The predicted molar refractivity (Wildman–Crippen MR) is 90.5 cm³/mol. The third-order valence-electron chi connectivity index (χ3n) is 4.09. The van der Waals surface area contributed by atoms with Gasteiger partial charge in [0.2, 0.25) is 5.88 Å². The van der Waals surface area contributed by atoms with E-state index in [4.69, 9.17) is 16.3 Å². The van der Waals surface area contributed by atoms with E-state index in [9.17, 15) is 8.78 Å². The van der Waals surface area contributed by atoms with Crippen LogP contribution in [-0.4, -0.2) is 33.0 Å². The second-order valence-corrected chi connectivity index (χ2v) is 6.12. The maximum Gasteiger partial charge on any atom is 0.388 e. The Hall–Kier alpha value is -2.74. The van der Waals surface area contributed by atoms with Gasteiger partial charge in [0.15, 0.2) is 11.6 Å². The molecule has 2 aromatic heterocycles. The van der Waals surface area contributed by atoms with Gasteiger partial charge in [0.1, 0.15) is 5.75 Å². The van der Waals surface area contributed by atoms with Crippen LogP contribution in [0, 0.1) is 0 Å². The van der Waals surface area contributed by atoms with Crippen LogP contribution in [0.3, 0.4) is 0 Å². The van der Waals surface area contributed by atoms with Gasteiger partial charge in [-0.25, -0.2) is 4.98 Å². The fourth-order valence-electron chi connectivity index (χ4n) is 2.95. The molecule has 4 rings (SSSR count). The van der Waals surface area contributed by atoms with Gasteiger partial charge in [0, 0.05) is 19.7 Å². The number of para-hydroxylation sites is 1. The van der Waals surface area contributed by atoms with Crippen molar-refractivity contribution in [2.24, 2.45) is 7.05 Å². The average molecular weight is 379 g/mol. The lowest BCUT2D eigenvalue weighted by molar-refractivity contribution is -0.0524. The Bertz CT molecular complexity index is 977. The van der Waals surface area contributed by atoms with E-state index in [1.807, 2.05) is 18.2 Å². The highest BCUT2D eigenvalue weighted by atomic mass is 35.5. The zero-order chi connectivity index (χ0) is 18.3. The monoisotopic (exact) mass is 378 g/mol. The summed E-state index contributed by atoms with van der Waals surface area (Å²) in [5.41, 5.74) is 2.11. The van der Waals surface area contributed by atoms with Crippen LogP contribution < -0.4 is 9.47 Å². The maximum absolute atomic E-state index is 12.7. The van der Waals surface area contributed by atoms with Crippen molar-refractivity contribution in [3.8, 4) is 34.4 Å². The first-order chi connectivity index (χ1) is 12.5. The van der Waals surface area contributed by atoms with E-state index < -0.39 is 6.61 Å². The molecule has 0 aliphatic carbocycles. The van der Waals surface area contributed by atoms with Crippen molar-refractivity contribution in [3.63, 3.8) is 0 Å². The minimum atomic E-state index is -3.01. The van der Waals surface area contributed by atoms with Crippen molar-refractivity contribution in [2.75, 3.05) is 6.61 Å². The maximum atomic E-state index is 12.7. The van der Waals surface area contributed by atoms with Gasteiger partial charge >= 0.3 is 6.61 Å². The lowest BCUT2D eigenvalue weighted by Gasteiger charge is -2.11. The molecule has 3 aromatic rings. The summed E-state index contributed by atoms with van der Waals surface area (Å²) in [5.74, 6) is 1.35. The molecule has 26 heavy (non-hydrogen) atoms. The highest BCUT2D eigenvalue weighted by Crippen LogP contribution is 2.38. The van der Waals surface area contributed by atoms with Crippen LogP contribution in [0.5, 0.6) is 11.6 Å². The number of alkyl halides is 2. The summed E-state index contributed by atoms with van der Waals surface area (Å²) in [4.78, 5) is 3.84. The van der Waals surface area contributed by atoms with Crippen molar-refractivity contribution >= 4 is 11.6 Å². The third kappa shape index (κ3) is 2.86. The summed E-state index contributed by atoms with van der Waals surface area (Å²) in [7, 11) is 1.73. The number of fused-ring (bicyclic) bond motifs is 1. The lowest BCUT2D eigenvalue weighted by Crippen LogP contribution is -2.06. The Balaban J connectivity index is 1.83. The minimum absolute atomic E-state index is 0.229. The molecule has 0 saturated carbocycles. The van der Waals surface area contributed by atoms with Crippen molar-refractivity contribution in [3.05, 3.63) is 41.0 Å². The summed E-state index contributed by atoms with van der Waals surface area (Å²) in [6, 6.07) is 7.26. The second-order valence-electron chi connectivity index (χ2n) is 5.68. The van der Waals surface area contributed by atoms with E-state index >= 15 is 0 Å². The van der Waals surface area contributed by atoms with Gasteiger partial charge < -0.3 is 14.0 Å². The van der Waals surface area contributed by atoms with E-state index in [2.05, 4.69) is 19.9 Å². The largest absolute Gasteiger partial charge is 0.492 e. The first kappa shape index (κ1) is 16.7. The molecule has 9 heteroatoms. The van der Waals surface area contributed by atoms with Gasteiger partial charge in [0.25, 0.3) is 0 Å². The van der Waals surface area contributed by atoms with Gasteiger partial charge in [0.05, 0.1) is 22.8 Å². The lowest BCUT2D eigenvalue weighted by atomic mass is 10.1. The molecule has 1 aliphatic heterocycles. The number of hydrogen-bond donors (Lipinski definition) is 0. The van der Waals surface area contributed by atoms with Crippen LogP contribution in [0.1, 0.15) is 5.56 Å². The summed E-state index contributed by atoms with van der Waals surface area (Å²) in [6.45, 7) is -2.40. The molecule has 0 N–H and O–H groups in total. The molecule has 134 valence electrons. The number of rotatable bonds is 4. The summed E-state index contributed by atoms with van der Waals surface area (Å²) in [5, 5.41) is 8.61. The summed E-state index contributed by atoms with van der Waals surface area (Å²) in [6.07, 6.45) is 2.07. The zero-order valence-electron chi connectivity index (χ0n) is 13.6. The highest BCUT2D eigenvalue weighted by molar-refractivity contribution is 6.30. The van der Waals surface area contributed by atoms with E-state index in [-0.39, 0.29) is 16.5 Å². The Morgan fingerprint density at radius 3 is 2.77 bits per heavy atom. The van der Waals surface area contributed by atoms with Crippen molar-refractivity contribution < 1.29 is 18.3 Å². The molecular weight excluding hydrogens is 366 g/mol. The molecule has 1 aromatic carbocycles. The van der Waals surface area contributed by atoms with E-state index in [1.165, 1.54) is 12.3 Å². The molecule has 0 unspecified atom stereocenters. The number of pyridine rings is 1. The Kier molecular flexibility index (Phi) is 4.20. The van der Waals surface area contributed by atoms with Crippen LogP contribution in [0.2, 0.25) is 5.02 Å². The zero-order valence-corrected chi connectivity index (χ0v) is 14.4. The number of halogens is 3. The fraction of sp³-hybridized carbons (Fsp3) is 0.235. The predicted octanol–water partition coefficient (Wildman–Crippen LogP) is 3.73. The molecule has 1 aliphatic rings. The molecule has 0 bridgehead atoms. The molecule has 0 fully saturated rings. The first-order valence-corrected chi connectivity index (χ1v) is 8.17. The molecule has 0 saturated heterocycles. The quantitative estimate of drug-likeness (QED) is 0.692. The molecular formula is C17H13ClF2N4O2. The average Bonchev–Trinajstić information content (AvgIpc) is 3.22. The molecule has 3 heterocycles. The molecule has 0 amide bonds. The van der Waals surface area contributed by atoms with Crippen LogP contribution in [0.15, 0.2) is 30.5 Å². The number of aromatic nitrogens is 4. The summed E-state index contributed by atoms with van der Waals surface area (Å²) < 4.78 is 37.2. The van der Waals surface area contributed by atoms with E-state index in [0.29, 0.717) is 18.3 Å². The van der Waals surface area contributed by atoms with Crippen molar-refractivity contribution in [2.45, 2.75) is 13.0 Å². The Labute approximate surface area is 152 Å². The van der Waals surface area contributed by atoms with Gasteiger partial charge in [-0.15, -0.1) is 10.2 Å². The fourth-order valence-corrected chi connectivity index (χ4v) is 3.11. The standard InChI is InChI=1S/C17H13ClF2N4O2/c1-24-14(11-4-2-3-9-5-6-25-13(9)11)22-23-15(24)12-7-10(18)8-21-16(12)26-17(19)20/h2-4,7-8,17H,5-6H2,1H3.